The molecular formula is C21H22ClN7O3. The first kappa shape index (κ1) is 20.4. The fourth-order valence-corrected chi connectivity index (χ4v) is 4.56. The molecule has 0 fully saturated rings. The highest BCUT2D eigenvalue weighted by Crippen LogP contribution is 2.40. The Morgan fingerprint density at radius 2 is 2.25 bits per heavy atom. The molecule has 5 rings (SSSR count). The van der Waals surface area contributed by atoms with Crippen LogP contribution in [0.5, 0.6) is 0 Å². The second kappa shape index (κ2) is 8.19. The Labute approximate surface area is 189 Å². The second-order valence-electron chi connectivity index (χ2n) is 7.77. The van der Waals surface area contributed by atoms with Gasteiger partial charge in [0.2, 0.25) is 5.82 Å². The molecule has 1 aliphatic carbocycles. The van der Waals surface area contributed by atoms with Gasteiger partial charge in [-0.05, 0) is 25.0 Å². The van der Waals surface area contributed by atoms with E-state index in [4.69, 9.17) is 32.2 Å². The summed E-state index contributed by atoms with van der Waals surface area (Å²) in [5.41, 5.74) is 11.6. The zero-order valence-electron chi connectivity index (χ0n) is 17.2. The predicted molar refractivity (Wildman–Crippen MR) is 119 cm³/mol. The van der Waals surface area contributed by atoms with Crippen LogP contribution in [0.4, 0.5) is 16.3 Å². The maximum absolute atomic E-state index is 11.2. The van der Waals surface area contributed by atoms with Crippen molar-refractivity contribution in [3.8, 4) is 11.3 Å². The third-order valence-electron chi connectivity index (χ3n) is 5.69. The number of hydrogen-bond donors (Lipinski definition) is 4. The second-order valence-corrected chi connectivity index (χ2v) is 8.21. The lowest BCUT2D eigenvalue weighted by atomic mass is 9.89. The summed E-state index contributed by atoms with van der Waals surface area (Å²) >= 11 is 6.23. The summed E-state index contributed by atoms with van der Waals surface area (Å²) in [5.74, 6) is 1.14. The number of carbonyl (C=O) groups is 1. The summed E-state index contributed by atoms with van der Waals surface area (Å²) in [4.78, 5) is 20.2. The highest BCUT2D eigenvalue weighted by molar-refractivity contribution is 6.30. The molecule has 10 nitrogen and oxygen atoms in total. The molecule has 32 heavy (non-hydrogen) atoms. The molecule has 166 valence electrons. The summed E-state index contributed by atoms with van der Waals surface area (Å²) in [7, 11) is 0. The normalized spacial score (nSPS) is 19.3. The van der Waals surface area contributed by atoms with Crippen molar-refractivity contribution in [2.75, 3.05) is 30.4 Å². The minimum absolute atomic E-state index is 0.0740. The molecule has 0 spiro atoms. The number of aromatic nitrogens is 2. The molecule has 1 aromatic carbocycles. The smallest absolute Gasteiger partial charge is 0.411 e. The van der Waals surface area contributed by atoms with Gasteiger partial charge in [0.1, 0.15) is 18.1 Å². The highest BCUT2D eigenvalue weighted by atomic mass is 35.5. The molecule has 0 bridgehead atoms. The number of anilines is 2. The van der Waals surface area contributed by atoms with E-state index in [-0.39, 0.29) is 11.7 Å². The van der Waals surface area contributed by atoms with E-state index in [0.29, 0.717) is 41.9 Å². The third-order valence-corrected chi connectivity index (χ3v) is 5.92. The van der Waals surface area contributed by atoms with E-state index in [1.807, 2.05) is 12.1 Å². The molecule has 11 heteroatoms. The van der Waals surface area contributed by atoms with Gasteiger partial charge in [0.25, 0.3) is 5.90 Å². The molecule has 0 saturated heterocycles. The molecule has 3 heterocycles. The number of carbonyl (C=O) groups excluding carboxylic acids is 1. The average Bonchev–Trinajstić information content (AvgIpc) is 2.76. The van der Waals surface area contributed by atoms with Crippen LogP contribution in [-0.2, 0) is 9.47 Å². The monoisotopic (exact) mass is 455 g/mol. The van der Waals surface area contributed by atoms with E-state index in [0.717, 1.165) is 36.3 Å². The minimum atomic E-state index is -1.10. The number of ether oxygens (including phenoxy) is 2. The maximum Gasteiger partial charge on any atom is 0.411 e. The van der Waals surface area contributed by atoms with Gasteiger partial charge in [0.15, 0.2) is 5.82 Å². The van der Waals surface area contributed by atoms with Gasteiger partial charge in [-0.2, -0.15) is 0 Å². The SMILES string of the molecule is N=C(OC(N)=O)c1nc2c(c(-c3cccc(Cl)c3)n1)NCC1CCCC3=C1N(CCO3)N2. The Balaban J connectivity index is 1.65. The lowest BCUT2D eigenvalue weighted by Crippen LogP contribution is -2.44. The molecule has 0 radical (unpaired) electrons. The highest BCUT2D eigenvalue weighted by Gasteiger charge is 2.34. The Hall–Kier alpha value is -3.53. The Bertz CT molecular complexity index is 1130. The van der Waals surface area contributed by atoms with Crippen LogP contribution in [0.25, 0.3) is 11.3 Å². The van der Waals surface area contributed by atoms with Gasteiger partial charge in [-0.1, -0.05) is 23.7 Å². The van der Waals surface area contributed by atoms with E-state index in [2.05, 4.69) is 25.7 Å². The summed E-state index contributed by atoms with van der Waals surface area (Å²) < 4.78 is 10.7. The number of nitrogens with one attached hydrogen (secondary N) is 3. The molecule has 1 amide bonds. The van der Waals surface area contributed by atoms with Crippen molar-refractivity contribution in [3.05, 3.63) is 46.6 Å². The van der Waals surface area contributed by atoms with E-state index in [9.17, 15) is 4.79 Å². The molecule has 1 aromatic heterocycles. The largest absolute Gasteiger partial charge is 0.494 e. The first-order valence-corrected chi connectivity index (χ1v) is 10.8. The Kier molecular flexibility index (Phi) is 5.22. The van der Waals surface area contributed by atoms with Crippen LogP contribution in [0.15, 0.2) is 35.7 Å². The third kappa shape index (κ3) is 3.77. The summed E-state index contributed by atoms with van der Waals surface area (Å²) in [6, 6.07) is 7.25. The molecule has 2 aromatic rings. The van der Waals surface area contributed by atoms with Gasteiger partial charge < -0.3 is 20.5 Å². The van der Waals surface area contributed by atoms with Gasteiger partial charge in [0, 0.05) is 29.5 Å². The number of hydrogen-bond acceptors (Lipinski definition) is 9. The zero-order chi connectivity index (χ0) is 22.2. The van der Waals surface area contributed by atoms with Crippen LogP contribution in [-0.4, -0.2) is 46.7 Å². The number of nitrogens with zero attached hydrogens (tertiary/aromatic N) is 3. The average molecular weight is 456 g/mol. The summed E-state index contributed by atoms with van der Waals surface area (Å²) in [6.45, 7) is 1.90. The first-order valence-electron chi connectivity index (χ1n) is 10.4. The van der Waals surface area contributed by atoms with Crippen molar-refractivity contribution >= 4 is 35.1 Å². The van der Waals surface area contributed by atoms with E-state index < -0.39 is 12.0 Å². The number of rotatable bonds is 2. The van der Waals surface area contributed by atoms with Gasteiger partial charge in [-0.3, -0.25) is 15.8 Å². The van der Waals surface area contributed by atoms with Crippen molar-refractivity contribution in [3.63, 3.8) is 0 Å². The lowest BCUT2D eigenvalue weighted by molar-refractivity contribution is 0.108. The summed E-state index contributed by atoms with van der Waals surface area (Å²) in [5, 5.41) is 14.2. The number of halogens is 1. The van der Waals surface area contributed by atoms with E-state index in [1.54, 1.807) is 12.1 Å². The Morgan fingerprint density at radius 1 is 1.38 bits per heavy atom. The number of amides is 1. The molecule has 3 aliphatic rings. The fraction of sp³-hybridized carbons (Fsp3) is 0.333. The van der Waals surface area contributed by atoms with E-state index >= 15 is 0 Å². The number of hydrazine groups is 1. The maximum atomic E-state index is 11.2. The van der Waals surface area contributed by atoms with Gasteiger partial charge >= 0.3 is 6.09 Å². The molecule has 5 N–H and O–H groups in total. The quantitative estimate of drug-likeness (QED) is 0.399. The van der Waals surface area contributed by atoms with Crippen molar-refractivity contribution in [2.24, 2.45) is 11.7 Å². The van der Waals surface area contributed by atoms with Crippen LogP contribution in [0.3, 0.4) is 0 Å². The van der Waals surface area contributed by atoms with Crippen molar-refractivity contribution < 1.29 is 14.3 Å². The van der Waals surface area contributed by atoms with Gasteiger partial charge in [0.05, 0.1) is 17.9 Å². The predicted octanol–water partition coefficient (Wildman–Crippen LogP) is 3.31. The number of primary amides is 1. The van der Waals surface area contributed by atoms with Crippen LogP contribution < -0.4 is 16.5 Å². The fourth-order valence-electron chi connectivity index (χ4n) is 4.37. The molecule has 2 aliphatic heterocycles. The standard InChI is InChI=1S/C21H22ClN7O3/c22-13-5-1-3-11(9-13)15-16-19(27-20(26-15)18(23)32-21(24)30)28-29-7-8-31-14-6-2-4-12(10-25-16)17(14)29/h1,3,5,9,12,23,25H,2,4,6-8,10H2,(H2,24,30)(H,26,27,28). The van der Waals surface area contributed by atoms with Crippen LogP contribution in [0.1, 0.15) is 25.1 Å². The molecular weight excluding hydrogens is 434 g/mol. The number of nitrogens with two attached hydrogens (primary N) is 1. The first-order chi connectivity index (χ1) is 15.5. The number of fused-ring (bicyclic) bond motifs is 1. The van der Waals surface area contributed by atoms with Crippen LogP contribution in [0, 0.1) is 11.3 Å². The van der Waals surface area contributed by atoms with E-state index in [1.165, 1.54) is 0 Å². The minimum Gasteiger partial charge on any atom is -0.494 e. The summed E-state index contributed by atoms with van der Waals surface area (Å²) in [6.07, 6.45) is 1.93. The topological polar surface area (TPSA) is 138 Å². The molecule has 0 saturated carbocycles. The van der Waals surface area contributed by atoms with Crippen molar-refractivity contribution in [1.29, 1.82) is 5.41 Å². The van der Waals surface area contributed by atoms with Crippen molar-refractivity contribution in [1.82, 2.24) is 15.0 Å². The van der Waals surface area contributed by atoms with Gasteiger partial charge in [-0.15, -0.1) is 0 Å². The number of allylic oxidation sites excluding steroid dienone is 1. The van der Waals surface area contributed by atoms with Crippen molar-refractivity contribution in [2.45, 2.75) is 19.3 Å². The Morgan fingerprint density at radius 3 is 3.06 bits per heavy atom. The molecule has 1 atom stereocenters. The van der Waals surface area contributed by atoms with Gasteiger partial charge in [-0.25, -0.2) is 14.8 Å². The molecule has 1 unspecified atom stereocenters. The number of benzene rings is 1. The lowest BCUT2D eigenvalue weighted by Gasteiger charge is -2.42. The van der Waals surface area contributed by atoms with Crippen LogP contribution in [0.2, 0.25) is 5.02 Å². The van der Waals surface area contributed by atoms with Crippen LogP contribution >= 0.6 is 11.6 Å². The zero-order valence-corrected chi connectivity index (χ0v) is 17.9.